The van der Waals surface area contributed by atoms with Crippen LogP contribution in [0.25, 0.3) is 0 Å². The lowest BCUT2D eigenvalue weighted by molar-refractivity contribution is 0.178. The minimum Gasteiger partial charge on any atom is -0.389 e. The van der Waals surface area contributed by atoms with Gasteiger partial charge in [0.25, 0.3) is 0 Å². The van der Waals surface area contributed by atoms with Crippen LogP contribution in [0, 0.1) is 0 Å². The summed E-state index contributed by atoms with van der Waals surface area (Å²) in [6.07, 6.45) is 1.72. The van der Waals surface area contributed by atoms with E-state index in [0.717, 1.165) is 37.6 Å². The number of hydrogen-bond acceptors (Lipinski definition) is 5. The number of hydrogen-bond donors (Lipinski definition) is 2. The zero-order chi connectivity index (χ0) is 12.3. The number of rotatable bonds is 3. The third kappa shape index (κ3) is 3.36. The Balaban J connectivity index is 1.98. The van der Waals surface area contributed by atoms with Crippen molar-refractivity contribution in [3.8, 4) is 0 Å². The van der Waals surface area contributed by atoms with E-state index in [9.17, 15) is 0 Å². The van der Waals surface area contributed by atoms with Gasteiger partial charge in [0.1, 0.15) is 10.8 Å². The molecule has 0 radical (unpaired) electrons. The van der Waals surface area contributed by atoms with E-state index in [-0.39, 0.29) is 0 Å². The number of hydrazine groups is 1. The van der Waals surface area contributed by atoms with E-state index >= 15 is 0 Å². The number of nitrogens with one attached hydrogen (secondary N) is 1. The van der Waals surface area contributed by atoms with Crippen LogP contribution in [0.15, 0.2) is 18.3 Å². The van der Waals surface area contributed by atoms with E-state index in [2.05, 4.69) is 27.4 Å². The molecule has 1 saturated heterocycles. The Morgan fingerprint density at radius 2 is 2.12 bits per heavy atom. The van der Waals surface area contributed by atoms with Crippen LogP contribution in [0.5, 0.6) is 0 Å². The summed E-state index contributed by atoms with van der Waals surface area (Å²) in [5.74, 6) is 0.792. The van der Waals surface area contributed by atoms with Crippen LogP contribution >= 0.6 is 12.2 Å². The summed E-state index contributed by atoms with van der Waals surface area (Å²) in [7, 11) is 2.13. The number of piperazine rings is 1. The van der Waals surface area contributed by atoms with Gasteiger partial charge < -0.3 is 16.1 Å². The number of likely N-dealkylation sites (N-methyl/N-ethyl adjacent to an activating group) is 1. The summed E-state index contributed by atoms with van der Waals surface area (Å²) >= 11 is 4.94. The molecule has 0 aromatic carbocycles. The van der Waals surface area contributed by atoms with Gasteiger partial charge >= 0.3 is 0 Å². The average Bonchev–Trinajstić information content (AvgIpc) is 2.32. The highest BCUT2D eigenvalue weighted by atomic mass is 32.1. The van der Waals surface area contributed by atoms with Gasteiger partial charge in [-0.05, 0) is 19.2 Å². The van der Waals surface area contributed by atoms with Gasteiger partial charge in [-0.1, -0.05) is 12.2 Å². The second-order valence-corrected chi connectivity index (χ2v) is 4.64. The smallest absolute Gasteiger partial charge is 0.140 e. The topological polar surface area (TPSA) is 57.4 Å². The molecule has 17 heavy (non-hydrogen) atoms. The molecule has 1 fully saturated rings. The Morgan fingerprint density at radius 1 is 1.41 bits per heavy atom. The Hall–Kier alpha value is -1.24. The molecule has 0 amide bonds. The first kappa shape index (κ1) is 12.2. The van der Waals surface area contributed by atoms with Gasteiger partial charge in [-0.2, -0.15) is 0 Å². The van der Waals surface area contributed by atoms with E-state index in [1.165, 1.54) is 0 Å². The van der Waals surface area contributed by atoms with Gasteiger partial charge in [0, 0.05) is 37.9 Å². The molecule has 0 bridgehead atoms. The first-order valence-electron chi connectivity index (χ1n) is 5.61. The maximum Gasteiger partial charge on any atom is 0.140 e. The zero-order valence-electron chi connectivity index (χ0n) is 9.89. The lowest BCUT2D eigenvalue weighted by Gasteiger charge is -2.32. The van der Waals surface area contributed by atoms with E-state index in [1.54, 1.807) is 6.20 Å². The molecule has 6 heteroatoms. The minimum atomic E-state index is 0.397. The van der Waals surface area contributed by atoms with Crippen LogP contribution in [-0.2, 0) is 0 Å². The first-order chi connectivity index (χ1) is 8.15. The van der Waals surface area contributed by atoms with Gasteiger partial charge in [-0.25, -0.2) is 9.99 Å². The molecule has 2 rings (SSSR count). The Labute approximate surface area is 107 Å². The Kier molecular flexibility index (Phi) is 3.88. The normalized spacial score (nSPS) is 17.9. The third-order valence-electron chi connectivity index (χ3n) is 2.82. The van der Waals surface area contributed by atoms with E-state index in [1.807, 2.05) is 12.1 Å². The molecular weight excluding hydrogens is 234 g/mol. The summed E-state index contributed by atoms with van der Waals surface area (Å²) in [5.41, 5.74) is 9.71. The minimum absolute atomic E-state index is 0.397. The van der Waals surface area contributed by atoms with Crippen molar-refractivity contribution < 1.29 is 0 Å². The average molecular weight is 251 g/mol. The van der Waals surface area contributed by atoms with Crippen LogP contribution in [0.2, 0.25) is 0 Å². The fourth-order valence-corrected chi connectivity index (χ4v) is 1.85. The molecule has 2 heterocycles. The number of aromatic nitrogens is 1. The van der Waals surface area contributed by atoms with Crippen molar-refractivity contribution in [3.05, 3.63) is 23.9 Å². The second-order valence-electron chi connectivity index (χ2n) is 4.20. The second kappa shape index (κ2) is 5.39. The molecule has 1 aromatic rings. The van der Waals surface area contributed by atoms with Crippen molar-refractivity contribution >= 4 is 23.0 Å². The van der Waals surface area contributed by atoms with Crippen LogP contribution in [0.1, 0.15) is 5.56 Å². The fourth-order valence-electron chi connectivity index (χ4n) is 1.73. The van der Waals surface area contributed by atoms with E-state index in [4.69, 9.17) is 18.0 Å². The summed E-state index contributed by atoms with van der Waals surface area (Å²) in [4.78, 5) is 6.95. The maximum absolute atomic E-state index is 5.59. The van der Waals surface area contributed by atoms with Crippen molar-refractivity contribution in [2.24, 2.45) is 5.73 Å². The first-order valence-corrected chi connectivity index (χ1v) is 6.02. The fraction of sp³-hybridized carbons (Fsp3) is 0.455. The zero-order valence-corrected chi connectivity index (χ0v) is 10.7. The van der Waals surface area contributed by atoms with Crippen molar-refractivity contribution in [3.63, 3.8) is 0 Å². The molecule has 0 unspecified atom stereocenters. The monoisotopic (exact) mass is 251 g/mol. The van der Waals surface area contributed by atoms with Crippen LogP contribution in [-0.4, -0.2) is 53.1 Å². The standard InChI is InChI=1S/C11H17N5S/c1-15-4-6-16(7-5-15)14-10-8-9(11(12)17)2-3-13-10/h2-3,8H,4-7H2,1H3,(H2,12,17)(H,13,14). The molecule has 0 atom stereocenters. The lowest BCUT2D eigenvalue weighted by Crippen LogP contribution is -2.47. The molecule has 0 saturated carbocycles. The number of anilines is 1. The molecule has 1 aromatic heterocycles. The highest BCUT2D eigenvalue weighted by Crippen LogP contribution is 2.09. The number of pyridine rings is 1. The van der Waals surface area contributed by atoms with Crippen LogP contribution in [0.4, 0.5) is 5.82 Å². The molecule has 1 aliphatic rings. The van der Waals surface area contributed by atoms with E-state index < -0.39 is 0 Å². The predicted octanol–water partition coefficient (Wildman–Crippen LogP) is 0.290. The quantitative estimate of drug-likeness (QED) is 0.753. The summed E-state index contributed by atoms with van der Waals surface area (Å²) in [5, 5.41) is 2.16. The number of thiocarbonyl (C=S) groups is 1. The maximum atomic E-state index is 5.59. The lowest BCUT2D eigenvalue weighted by atomic mass is 10.2. The molecular formula is C11H17N5S. The van der Waals surface area contributed by atoms with Gasteiger partial charge in [0.15, 0.2) is 0 Å². The Bertz CT molecular complexity index is 401. The van der Waals surface area contributed by atoms with Crippen LogP contribution < -0.4 is 11.2 Å². The summed E-state index contributed by atoms with van der Waals surface area (Å²) in [6, 6.07) is 3.69. The van der Waals surface area contributed by atoms with Crippen molar-refractivity contribution in [1.82, 2.24) is 14.9 Å². The summed E-state index contributed by atoms with van der Waals surface area (Å²) < 4.78 is 0. The molecule has 0 spiro atoms. The van der Waals surface area contributed by atoms with Gasteiger partial charge in [0.05, 0.1) is 0 Å². The number of nitrogens with zero attached hydrogens (tertiary/aromatic N) is 3. The highest BCUT2D eigenvalue weighted by molar-refractivity contribution is 7.80. The van der Waals surface area contributed by atoms with E-state index in [0.29, 0.717) is 4.99 Å². The SMILES string of the molecule is CN1CCN(Nc2cc(C(N)=S)ccn2)CC1. The third-order valence-corrected chi connectivity index (χ3v) is 3.06. The Morgan fingerprint density at radius 3 is 2.76 bits per heavy atom. The predicted molar refractivity (Wildman–Crippen MR) is 72.8 cm³/mol. The largest absolute Gasteiger partial charge is 0.389 e. The van der Waals surface area contributed by atoms with Gasteiger partial charge in [-0.3, -0.25) is 0 Å². The highest BCUT2D eigenvalue weighted by Gasteiger charge is 2.13. The molecule has 3 N–H and O–H groups in total. The molecule has 0 aliphatic carbocycles. The van der Waals surface area contributed by atoms with Crippen LogP contribution in [0.3, 0.4) is 0 Å². The molecule has 5 nitrogen and oxygen atoms in total. The molecule has 92 valence electrons. The van der Waals surface area contributed by atoms with Crippen molar-refractivity contribution in [2.75, 3.05) is 38.7 Å². The van der Waals surface area contributed by atoms with Gasteiger partial charge in [0.2, 0.25) is 0 Å². The van der Waals surface area contributed by atoms with Crippen molar-refractivity contribution in [2.45, 2.75) is 0 Å². The van der Waals surface area contributed by atoms with Gasteiger partial charge in [-0.15, -0.1) is 0 Å². The summed E-state index contributed by atoms with van der Waals surface area (Å²) in [6.45, 7) is 4.08. The molecule has 1 aliphatic heterocycles. The van der Waals surface area contributed by atoms with Crippen molar-refractivity contribution in [1.29, 1.82) is 0 Å². The number of nitrogens with two attached hydrogens (primary N) is 1.